The summed E-state index contributed by atoms with van der Waals surface area (Å²) in [4.78, 5) is 22.7. The second kappa shape index (κ2) is 7.16. The lowest BCUT2D eigenvalue weighted by Crippen LogP contribution is -2.33. The predicted octanol–water partition coefficient (Wildman–Crippen LogP) is 1.20. The summed E-state index contributed by atoms with van der Waals surface area (Å²) < 4.78 is 9.77. The molecule has 0 spiro atoms. The van der Waals surface area contributed by atoms with Gasteiger partial charge in [-0.25, -0.2) is 4.79 Å². The standard InChI is InChI=1S/C13H20O5/c1-9(2)12(15)17-7-8-18-13(16)10-5-3-4-6-11(10)14/h10-11,14H,1,3-8H2,2H3. The van der Waals surface area contributed by atoms with Crippen LogP contribution in [-0.4, -0.2) is 36.4 Å². The molecule has 0 aliphatic heterocycles. The molecule has 1 N–H and O–H groups in total. The lowest BCUT2D eigenvalue weighted by Gasteiger charge is -2.25. The Morgan fingerprint density at radius 1 is 1.22 bits per heavy atom. The second-order valence-corrected chi connectivity index (χ2v) is 4.54. The lowest BCUT2D eigenvalue weighted by atomic mass is 9.87. The topological polar surface area (TPSA) is 72.8 Å². The first kappa shape index (κ1) is 14.7. The molecule has 1 aliphatic carbocycles. The number of aliphatic hydroxyl groups is 1. The van der Waals surface area contributed by atoms with Gasteiger partial charge in [0.05, 0.1) is 12.0 Å². The van der Waals surface area contributed by atoms with Gasteiger partial charge in [-0.1, -0.05) is 19.4 Å². The predicted molar refractivity (Wildman–Crippen MR) is 64.7 cm³/mol. The third-order valence-electron chi connectivity index (χ3n) is 2.94. The van der Waals surface area contributed by atoms with Crippen molar-refractivity contribution in [2.24, 2.45) is 5.92 Å². The summed E-state index contributed by atoms with van der Waals surface area (Å²) in [5, 5.41) is 9.66. The van der Waals surface area contributed by atoms with E-state index in [1.807, 2.05) is 0 Å². The van der Waals surface area contributed by atoms with Crippen LogP contribution in [0.4, 0.5) is 0 Å². The Morgan fingerprint density at radius 2 is 1.83 bits per heavy atom. The average Bonchev–Trinajstić information content (AvgIpc) is 2.34. The molecule has 0 heterocycles. The summed E-state index contributed by atoms with van der Waals surface area (Å²) in [5.41, 5.74) is 0.309. The molecule has 5 heteroatoms. The molecule has 102 valence electrons. The van der Waals surface area contributed by atoms with Crippen LogP contribution in [0.5, 0.6) is 0 Å². The van der Waals surface area contributed by atoms with E-state index in [2.05, 4.69) is 6.58 Å². The number of esters is 2. The fourth-order valence-electron chi connectivity index (χ4n) is 1.89. The summed E-state index contributed by atoms with van der Waals surface area (Å²) in [5.74, 6) is -1.34. The van der Waals surface area contributed by atoms with E-state index in [4.69, 9.17) is 9.47 Å². The van der Waals surface area contributed by atoms with Crippen LogP contribution >= 0.6 is 0 Å². The van der Waals surface area contributed by atoms with Crippen LogP contribution in [0.25, 0.3) is 0 Å². The monoisotopic (exact) mass is 256 g/mol. The van der Waals surface area contributed by atoms with Crippen molar-refractivity contribution in [3.8, 4) is 0 Å². The van der Waals surface area contributed by atoms with Gasteiger partial charge in [-0.2, -0.15) is 0 Å². The summed E-state index contributed by atoms with van der Waals surface area (Å²) in [7, 11) is 0. The molecule has 0 saturated heterocycles. The zero-order valence-electron chi connectivity index (χ0n) is 10.7. The Morgan fingerprint density at radius 3 is 2.44 bits per heavy atom. The SMILES string of the molecule is C=C(C)C(=O)OCCOC(=O)C1CCCCC1O. The highest BCUT2D eigenvalue weighted by Crippen LogP contribution is 2.25. The van der Waals surface area contributed by atoms with Crippen LogP contribution in [0.3, 0.4) is 0 Å². The minimum atomic E-state index is -0.607. The van der Waals surface area contributed by atoms with Crippen molar-refractivity contribution in [2.45, 2.75) is 38.7 Å². The average molecular weight is 256 g/mol. The Labute approximate surface area is 107 Å². The van der Waals surface area contributed by atoms with Crippen molar-refractivity contribution in [1.29, 1.82) is 0 Å². The van der Waals surface area contributed by atoms with E-state index < -0.39 is 24.0 Å². The first-order valence-corrected chi connectivity index (χ1v) is 6.19. The van der Waals surface area contributed by atoms with Crippen molar-refractivity contribution >= 4 is 11.9 Å². The highest BCUT2D eigenvalue weighted by molar-refractivity contribution is 5.86. The van der Waals surface area contributed by atoms with Crippen LogP contribution in [0.2, 0.25) is 0 Å². The van der Waals surface area contributed by atoms with Crippen molar-refractivity contribution in [2.75, 3.05) is 13.2 Å². The number of hydrogen-bond acceptors (Lipinski definition) is 5. The van der Waals surface area contributed by atoms with Gasteiger partial charge in [-0.05, 0) is 19.8 Å². The van der Waals surface area contributed by atoms with Gasteiger partial charge in [0, 0.05) is 5.57 Å². The van der Waals surface area contributed by atoms with Gasteiger partial charge in [0.1, 0.15) is 13.2 Å². The number of hydrogen-bond donors (Lipinski definition) is 1. The third-order valence-corrected chi connectivity index (χ3v) is 2.94. The molecule has 2 unspecified atom stereocenters. The first-order chi connectivity index (χ1) is 8.52. The molecule has 1 aliphatic rings. The van der Waals surface area contributed by atoms with Gasteiger partial charge < -0.3 is 14.6 Å². The molecule has 0 bridgehead atoms. The maximum Gasteiger partial charge on any atom is 0.333 e. The second-order valence-electron chi connectivity index (χ2n) is 4.54. The quantitative estimate of drug-likeness (QED) is 0.454. The first-order valence-electron chi connectivity index (χ1n) is 6.19. The molecule has 0 radical (unpaired) electrons. The smallest absolute Gasteiger partial charge is 0.333 e. The number of carbonyl (C=O) groups excluding carboxylic acids is 2. The molecule has 1 saturated carbocycles. The molecule has 1 rings (SSSR count). The van der Waals surface area contributed by atoms with Crippen molar-refractivity contribution < 1.29 is 24.2 Å². The Bertz CT molecular complexity index is 323. The zero-order chi connectivity index (χ0) is 13.5. The summed E-state index contributed by atoms with van der Waals surface area (Å²) in [6.45, 7) is 5.01. The molecule has 18 heavy (non-hydrogen) atoms. The highest BCUT2D eigenvalue weighted by Gasteiger charge is 2.30. The maximum atomic E-state index is 11.6. The Hall–Kier alpha value is -1.36. The molecule has 1 fully saturated rings. The number of carbonyl (C=O) groups is 2. The number of rotatable bonds is 5. The molecule has 0 aromatic rings. The summed E-state index contributed by atoms with van der Waals surface area (Å²) in [6, 6.07) is 0. The highest BCUT2D eigenvalue weighted by atomic mass is 16.6. The fraction of sp³-hybridized carbons (Fsp3) is 0.692. The van der Waals surface area contributed by atoms with Gasteiger partial charge >= 0.3 is 11.9 Å². The van der Waals surface area contributed by atoms with Gasteiger partial charge in [-0.15, -0.1) is 0 Å². The van der Waals surface area contributed by atoms with Crippen molar-refractivity contribution in [3.63, 3.8) is 0 Å². The molecular formula is C13H20O5. The third kappa shape index (κ3) is 4.49. The molecule has 0 aromatic heterocycles. The molecule has 2 atom stereocenters. The van der Waals surface area contributed by atoms with Crippen LogP contribution in [-0.2, 0) is 19.1 Å². The van der Waals surface area contributed by atoms with E-state index >= 15 is 0 Å². The van der Waals surface area contributed by atoms with Gasteiger partial charge in [0.15, 0.2) is 0 Å². The summed E-state index contributed by atoms with van der Waals surface area (Å²) in [6.07, 6.45) is 2.57. The lowest BCUT2D eigenvalue weighted by molar-refractivity contribution is -0.158. The minimum absolute atomic E-state index is 0.0141. The van der Waals surface area contributed by atoms with Gasteiger partial charge in [0.2, 0.25) is 0 Å². The van der Waals surface area contributed by atoms with E-state index in [0.29, 0.717) is 18.4 Å². The maximum absolute atomic E-state index is 11.6. The van der Waals surface area contributed by atoms with E-state index in [1.54, 1.807) is 6.92 Å². The van der Waals surface area contributed by atoms with E-state index in [9.17, 15) is 14.7 Å². The van der Waals surface area contributed by atoms with E-state index in [0.717, 1.165) is 12.8 Å². The van der Waals surface area contributed by atoms with Crippen LogP contribution in [0, 0.1) is 5.92 Å². The van der Waals surface area contributed by atoms with Crippen LogP contribution in [0.1, 0.15) is 32.6 Å². The van der Waals surface area contributed by atoms with Crippen molar-refractivity contribution in [3.05, 3.63) is 12.2 Å². The Kier molecular flexibility index (Phi) is 5.85. The normalized spacial score (nSPS) is 23.2. The van der Waals surface area contributed by atoms with E-state index in [1.165, 1.54) is 0 Å². The largest absolute Gasteiger partial charge is 0.462 e. The van der Waals surface area contributed by atoms with E-state index in [-0.39, 0.29) is 13.2 Å². The van der Waals surface area contributed by atoms with Gasteiger partial charge in [-0.3, -0.25) is 4.79 Å². The number of aliphatic hydroxyl groups excluding tert-OH is 1. The molecule has 5 nitrogen and oxygen atoms in total. The van der Waals surface area contributed by atoms with Gasteiger partial charge in [0.25, 0.3) is 0 Å². The van der Waals surface area contributed by atoms with Crippen molar-refractivity contribution in [1.82, 2.24) is 0 Å². The minimum Gasteiger partial charge on any atom is -0.462 e. The van der Waals surface area contributed by atoms with Crippen LogP contribution < -0.4 is 0 Å². The molecule has 0 aromatic carbocycles. The van der Waals surface area contributed by atoms with Crippen LogP contribution in [0.15, 0.2) is 12.2 Å². The number of ether oxygens (including phenoxy) is 2. The zero-order valence-corrected chi connectivity index (χ0v) is 10.7. The summed E-state index contributed by atoms with van der Waals surface area (Å²) >= 11 is 0. The molecule has 0 amide bonds. The Balaban J connectivity index is 2.20. The molecular weight excluding hydrogens is 236 g/mol. The fourth-order valence-corrected chi connectivity index (χ4v) is 1.89.